The minimum atomic E-state index is -0.443. The molecule has 2 heteroatoms. The number of carbonyl (C=O) groups is 1. The second kappa shape index (κ2) is 2.56. The van der Waals surface area contributed by atoms with Gasteiger partial charge in [-0.1, -0.05) is 6.42 Å². The summed E-state index contributed by atoms with van der Waals surface area (Å²) >= 11 is 0. The highest BCUT2D eigenvalue weighted by Gasteiger charge is 2.53. The lowest BCUT2D eigenvalue weighted by Crippen LogP contribution is -2.38. The molecular formula is C10H16O2. The first-order valence-corrected chi connectivity index (χ1v) is 4.77. The number of ether oxygens (including phenoxy) is 1. The third kappa shape index (κ3) is 0.875. The average Bonchev–Trinajstić information content (AvgIpc) is 2.57. The summed E-state index contributed by atoms with van der Waals surface area (Å²) in [6.07, 6.45) is 4.45. The Kier molecular flexibility index (Phi) is 1.76. The Morgan fingerprint density at radius 2 is 2.25 bits per heavy atom. The first-order chi connectivity index (χ1) is 5.68. The third-order valence-electron chi connectivity index (χ3n) is 3.79. The molecule has 0 spiro atoms. The molecule has 3 unspecified atom stereocenters. The van der Waals surface area contributed by atoms with Crippen LogP contribution in [0.2, 0.25) is 0 Å². The van der Waals surface area contributed by atoms with E-state index in [4.69, 9.17) is 4.74 Å². The Hall–Kier alpha value is -0.370. The van der Waals surface area contributed by atoms with Crippen molar-refractivity contribution in [2.75, 3.05) is 7.11 Å². The Bertz CT molecular complexity index is 212. The first-order valence-electron chi connectivity index (χ1n) is 4.77. The van der Waals surface area contributed by atoms with Crippen LogP contribution in [0, 0.1) is 11.8 Å². The van der Waals surface area contributed by atoms with Crippen LogP contribution in [-0.2, 0) is 9.53 Å². The molecule has 2 aliphatic rings. The predicted octanol–water partition coefficient (Wildman–Crippen LogP) is 1.78. The molecule has 2 aliphatic carbocycles. The number of ketones is 1. The maximum absolute atomic E-state index is 11.6. The molecule has 3 atom stereocenters. The number of hydrogen-bond acceptors (Lipinski definition) is 2. The highest BCUT2D eigenvalue weighted by molar-refractivity contribution is 5.90. The number of rotatable bonds is 1. The van der Waals surface area contributed by atoms with Crippen molar-refractivity contribution in [1.82, 2.24) is 0 Å². The lowest BCUT2D eigenvalue weighted by Gasteiger charge is -2.27. The van der Waals surface area contributed by atoms with Gasteiger partial charge in [0.1, 0.15) is 5.60 Å². The van der Waals surface area contributed by atoms with E-state index in [1.54, 1.807) is 7.11 Å². The highest BCUT2D eigenvalue weighted by Crippen LogP contribution is 2.49. The number of Topliss-reactive ketones (excluding diaryl/α,β-unsaturated/α-hetero) is 1. The van der Waals surface area contributed by atoms with Crippen molar-refractivity contribution in [2.24, 2.45) is 11.8 Å². The van der Waals surface area contributed by atoms with Crippen LogP contribution in [0.15, 0.2) is 0 Å². The van der Waals surface area contributed by atoms with Crippen molar-refractivity contribution in [2.45, 2.75) is 38.2 Å². The fourth-order valence-corrected chi connectivity index (χ4v) is 2.92. The molecule has 68 valence electrons. The smallest absolute Gasteiger partial charge is 0.164 e. The van der Waals surface area contributed by atoms with Gasteiger partial charge in [0.05, 0.1) is 0 Å². The lowest BCUT2D eigenvalue weighted by molar-refractivity contribution is -0.138. The summed E-state index contributed by atoms with van der Waals surface area (Å²) in [4.78, 5) is 11.6. The van der Waals surface area contributed by atoms with E-state index in [1.807, 2.05) is 6.92 Å². The fraction of sp³-hybridized carbons (Fsp3) is 0.900. The van der Waals surface area contributed by atoms with Gasteiger partial charge in [-0.3, -0.25) is 4.79 Å². The van der Waals surface area contributed by atoms with Gasteiger partial charge in [0.2, 0.25) is 0 Å². The van der Waals surface area contributed by atoms with Crippen LogP contribution >= 0.6 is 0 Å². The first kappa shape index (κ1) is 8.24. The van der Waals surface area contributed by atoms with E-state index in [0.717, 1.165) is 6.42 Å². The quantitative estimate of drug-likeness (QED) is 0.596. The van der Waals surface area contributed by atoms with E-state index in [-0.39, 0.29) is 0 Å². The zero-order valence-corrected chi connectivity index (χ0v) is 7.80. The van der Waals surface area contributed by atoms with Crippen LogP contribution in [0.5, 0.6) is 0 Å². The van der Waals surface area contributed by atoms with Crippen molar-refractivity contribution in [3.8, 4) is 0 Å². The van der Waals surface area contributed by atoms with Crippen LogP contribution in [0.4, 0.5) is 0 Å². The molecule has 0 aromatic carbocycles. The number of hydrogen-bond donors (Lipinski definition) is 0. The van der Waals surface area contributed by atoms with Crippen LogP contribution < -0.4 is 0 Å². The third-order valence-corrected chi connectivity index (χ3v) is 3.79. The molecule has 2 rings (SSSR count). The second-order valence-electron chi connectivity index (χ2n) is 4.24. The fourth-order valence-electron chi connectivity index (χ4n) is 2.92. The van der Waals surface area contributed by atoms with Crippen molar-refractivity contribution in [3.63, 3.8) is 0 Å². The number of fused-ring (bicyclic) bond motifs is 1. The lowest BCUT2D eigenvalue weighted by atomic mass is 9.89. The molecule has 0 N–H and O–H groups in total. The van der Waals surface area contributed by atoms with E-state index < -0.39 is 5.60 Å². The molecule has 0 amide bonds. The predicted molar refractivity (Wildman–Crippen MR) is 45.9 cm³/mol. The summed E-state index contributed by atoms with van der Waals surface area (Å²) in [5.41, 5.74) is -0.443. The molecule has 12 heavy (non-hydrogen) atoms. The highest BCUT2D eigenvalue weighted by atomic mass is 16.5. The van der Waals surface area contributed by atoms with E-state index in [0.29, 0.717) is 17.6 Å². The molecule has 0 aromatic heterocycles. The monoisotopic (exact) mass is 168 g/mol. The molecule has 0 saturated heterocycles. The van der Waals surface area contributed by atoms with Crippen LogP contribution in [0.25, 0.3) is 0 Å². The van der Waals surface area contributed by atoms with Gasteiger partial charge in [0.15, 0.2) is 5.78 Å². The molecule has 0 radical (unpaired) electrons. The maximum atomic E-state index is 11.6. The SMILES string of the molecule is COC1(C)C(=O)CC2CCCC21. The van der Waals surface area contributed by atoms with Crippen LogP contribution in [0.1, 0.15) is 32.6 Å². The van der Waals surface area contributed by atoms with Crippen molar-refractivity contribution in [1.29, 1.82) is 0 Å². The summed E-state index contributed by atoms with van der Waals surface area (Å²) in [6.45, 7) is 1.96. The molecule has 2 fully saturated rings. The molecular weight excluding hydrogens is 152 g/mol. The van der Waals surface area contributed by atoms with E-state index >= 15 is 0 Å². The minimum absolute atomic E-state index is 0.319. The van der Waals surface area contributed by atoms with Crippen molar-refractivity contribution in [3.05, 3.63) is 0 Å². The summed E-state index contributed by atoms with van der Waals surface area (Å²) in [7, 11) is 1.67. The van der Waals surface area contributed by atoms with E-state index in [2.05, 4.69) is 0 Å². The molecule has 2 nitrogen and oxygen atoms in total. The molecule has 0 bridgehead atoms. The Morgan fingerprint density at radius 3 is 2.92 bits per heavy atom. The molecule has 0 aromatic rings. The van der Waals surface area contributed by atoms with Crippen molar-refractivity contribution >= 4 is 5.78 Å². The van der Waals surface area contributed by atoms with Gasteiger partial charge in [-0.2, -0.15) is 0 Å². The molecule has 0 heterocycles. The van der Waals surface area contributed by atoms with E-state index in [1.165, 1.54) is 19.3 Å². The maximum Gasteiger partial charge on any atom is 0.164 e. The normalized spacial score (nSPS) is 46.7. The zero-order chi connectivity index (χ0) is 8.77. The Balaban J connectivity index is 2.26. The summed E-state index contributed by atoms with van der Waals surface area (Å²) in [6, 6.07) is 0. The number of carbonyl (C=O) groups excluding carboxylic acids is 1. The van der Waals surface area contributed by atoms with Gasteiger partial charge >= 0.3 is 0 Å². The van der Waals surface area contributed by atoms with E-state index in [9.17, 15) is 4.79 Å². The largest absolute Gasteiger partial charge is 0.370 e. The van der Waals surface area contributed by atoms with Gasteiger partial charge in [-0.25, -0.2) is 0 Å². The van der Waals surface area contributed by atoms with Crippen molar-refractivity contribution < 1.29 is 9.53 Å². The van der Waals surface area contributed by atoms with Crippen LogP contribution in [0.3, 0.4) is 0 Å². The Morgan fingerprint density at radius 1 is 1.50 bits per heavy atom. The Labute approximate surface area is 73.3 Å². The van der Waals surface area contributed by atoms with Gasteiger partial charge in [-0.15, -0.1) is 0 Å². The van der Waals surface area contributed by atoms with Gasteiger partial charge in [-0.05, 0) is 31.6 Å². The summed E-state index contributed by atoms with van der Waals surface area (Å²) in [5.74, 6) is 1.46. The molecule has 0 aliphatic heterocycles. The average molecular weight is 168 g/mol. The van der Waals surface area contributed by atoms with Crippen LogP contribution in [-0.4, -0.2) is 18.5 Å². The number of methoxy groups -OCH3 is 1. The van der Waals surface area contributed by atoms with Gasteiger partial charge in [0.25, 0.3) is 0 Å². The van der Waals surface area contributed by atoms with Gasteiger partial charge in [0, 0.05) is 13.5 Å². The summed E-state index contributed by atoms with van der Waals surface area (Å²) < 4.78 is 5.38. The minimum Gasteiger partial charge on any atom is -0.370 e. The van der Waals surface area contributed by atoms with Gasteiger partial charge < -0.3 is 4.74 Å². The second-order valence-corrected chi connectivity index (χ2v) is 4.24. The molecule has 2 saturated carbocycles. The summed E-state index contributed by atoms with van der Waals surface area (Å²) in [5, 5.41) is 0. The standard InChI is InChI=1S/C10H16O2/c1-10(12-2)8-5-3-4-7(8)6-9(10)11/h7-8H,3-6H2,1-2H3. The zero-order valence-electron chi connectivity index (χ0n) is 7.80. The topological polar surface area (TPSA) is 26.3 Å².